The molecule has 0 radical (unpaired) electrons. The molecule has 124 valence electrons. The molecule has 0 spiro atoms. The number of nitrogens with one attached hydrogen (secondary N) is 1. The van der Waals surface area contributed by atoms with Crippen LogP contribution in [0.2, 0.25) is 0 Å². The molecule has 0 saturated carbocycles. The Labute approximate surface area is 145 Å². The summed E-state index contributed by atoms with van der Waals surface area (Å²) in [5.41, 5.74) is 2.18. The molecule has 0 atom stereocenters. The lowest BCUT2D eigenvalue weighted by atomic mass is 10.1. The minimum absolute atomic E-state index is 0.720. The molecule has 24 heavy (non-hydrogen) atoms. The van der Waals surface area contributed by atoms with Gasteiger partial charge in [0.15, 0.2) is 0 Å². The summed E-state index contributed by atoms with van der Waals surface area (Å²) in [5, 5.41) is 4.42. The maximum atomic E-state index is 5.47. The van der Waals surface area contributed by atoms with Gasteiger partial charge in [0.05, 0.1) is 19.1 Å². The zero-order valence-corrected chi connectivity index (χ0v) is 14.5. The average Bonchev–Trinajstić information content (AvgIpc) is 3.10. The number of pyridine rings is 1. The van der Waals surface area contributed by atoms with Gasteiger partial charge in [-0.3, -0.25) is 4.98 Å². The number of thiazole rings is 1. The normalized spacial score (nSPS) is 10.6. The van der Waals surface area contributed by atoms with Gasteiger partial charge >= 0.3 is 0 Å². The van der Waals surface area contributed by atoms with Crippen molar-refractivity contribution in [2.45, 2.75) is 13.1 Å². The van der Waals surface area contributed by atoms with E-state index in [0.29, 0.717) is 0 Å². The summed E-state index contributed by atoms with van der Waals surface area (Å²) in [4.78, 5) is 9.68. The zero-order chi connectivity index (χ0) is 16.8. The molecule has 0 aliphatic heterocycles. The number of aromatic nitrogens is 2. The smallest absolute Gasteiger partial charge is 0.131 e. The Kier molecular flexibility index (Phi) is 5.40. The van der Waals surface area contributed by atoms with Crippen LogP contribution in [0.4, 0.5) is 0 Å². The first kappa shape index (κ1) is 16.4. The molecule has 0 amide bonds. The van der Waals surface area contributed by atoms with Crippen molar-refractivity contribution < 1.29 is 9.47 Å². The predicted octanol–water partition coefficient (Wildman–Crippen LogP) is 3.51. The molecule has 3 rings (SSSR count). The summed E-state index contributed by atoms with van der Waals surface area (Å²) >= 11 is 1.65. The van der Waals surface area contributed by atoms with Crippen molar-refractivity contribution in [3.63, 3.8) is 0 Å². The van der Waals surface area contributed by atoms with Crippen molar-refractivity contribution in [2.24, 2.45) is 0 Å². The molecule has 0 fully saturated rings. The fourth-order valence-corrected chi connectivity index (χ4v) is 3.25. The van der Waals surface area contributed by atoms with Crippen LogP contribution in [-0.2, 0) is 13.1 Å². The lowest BCUT2D eigenvalue weighted by molar-refractivity contribution is 0.395. The molecule has 1 N–H and O–H groups in total. The van der Waals surface area contributed by atoms with Crippen LogP contribution >= 0.6 is 11.3 Å². The highest BCUT2D eigenvalue weighted by Gasteiger charge is 2.11. The van der Waals surface area contributed by atoms with Gasteiger partial charge in [0.2, 0.25) is 0 Å². The molecule has 0 aliphatic rings. The van der Waals surface area contributed by atoms with Crippen LogP contribution in [0.25, 0.3) is 10.4 Å². The van der Waals surface area contributed by atoms with Crippen molar-refractivity contribution in [3.05, 3.63) is 59.5 Å². The first-order valence-corrected chi connectivity index (χ1v) is 8.38. The number of benzene rings is 1. The number of hydrogen-bond donors (Lipinski definition) is 1. The molecule has 3 aromatic rings. The van der Waals surface area contributed by atoms with Crippen LogP contribution in [-0.4, -0.2) is 24.2 Å². The number of ether oxygens (including phenoxy) is 2. The van der Waals surface area contributed by atoms with Gasteiger partial charge in [-0.2, -0.15) is 0 Å². The standard InChI is InChI=1S/C18H19N3O2S/c1-22-14-5-6-15(16(8-14)23-2)17-11-21-18(24-17)12-20-10-13-4-3-7-19-9-13/h3-9,11,20H,10,12H2,1-2H3. The summed E-state index contributed by atoms with van der Waals surface area (Å²) in [6.07, 6.45) is 5.53. The summed E-state index contributed by atoms with van der Waals surface area (Å²) < 4.78 is 10.7. The van der Waals surface area contributed by atoms with E-state index in [9.17, 15) is 0 Å². The third kappa shape index (κ3) is 3.90. The lowest BCUT2D eigenvalue weighted by Crippen LogP contribution is -2.12. The molecule has 1 aromatic carbocycles. The Bertz CT molecular complexity index is 790. The van der Waals surface area contributed by atoms with Crippen LogP contribution < -0.4 is 14.8 Å². The van der Waals surface area contributed by atoms with Crippen molar-refractivity contribution in [2.75, 3.05) is 14.2 Å². The molecule has 2 aromatic heterocycles. The second-order valence-corrected chi connectivity index (χ2v) is 6.26. The first-order valence-electron chi connectivity index (χ1n) is 7.57. The quantitative estimate of drug-likeness (QED) is 0.713. The van der Waals surface area contributed by atoms with E-state index in [2.05, 4.69) is 21.4 Å². The third-order valence-electron chi connectivity index (χ3n) is 3.56. The number of rotatable bonds is 7. The SMILES string of the molecule is COc1ccc(-c2cnc(CNCc3cccnc3)s2)c(OC)c1. The fraction of sp³-hybridized carbons (Fsp3) is 0.222. The van der Waals surface area contributed by atoms with E-state index in [-0.39, 0.29) is 0 Å². The zero-order valence-electron chi connectivity index (χ0n) is 13.7. The molecule has 0 saturated heterocycles. The van der Waals surface area contributed by atoms with Gasteiger partial charge in [-0.05, 0) is 23.8 Å². The van der Waals surface area contributed by atoms with Crippen molar-refractivity contribution in [3.8, 4) is 21.9 Å². The van der Waals surface area contributed by atoms with Gasteiger partial charge in [-0.15, -0.1) is 11.3 Å². The molecule has 2 heterocycles. The largest absolute Gasteiger partial charge is 0.497 e. The minimum Gasteiger partial charge on any atom is -0.497 e. The molecule has 6 heteroatoms. The Balaban J connectivity index is 1.67. The van der Waals surface area contributed by atoms with Crippen molar-refractivity contribution in [1.29, 1.82) is 0 Å². The summed E-state index contributed by atoms with van der Waals surface area (Å²) in [6.45, 7) is 1.49. The van der Waals surface area contributed by atoms with Crippen molar-refractivity contribution in [1.82, 2.24) is 15.3 Å². The molecular weight excluding hydrogens is 322 g/mol. The molecule has 0 aliphatic carbocycles. The maximum absolute atomic E-state index is 5.47. The number of hydrogen-bond acceptors (Lipinski definition) is 6. The van der Waals surface area contributed by atoms with Crippen LogP contribution in [0.5, 0.6) is 11.5 Å². The molecule has 0 bridgehead atoms. The highest BCUT2D eigenvalue weighted by molar-refractivity contribution is 7.15. The van der Waals surface area contributed by atoms with Gasteiger partial charge in [0, 0.05) is 43.3 Å². The van der Waals surface area contributed by atoms with Crippen LogP contribution in [0, 0.1) is 0 Å². The van der Waals surface area contributed by atoms with E-state index < -0.39 is 0 Å². The molecule has 0 unspecified atom stereocenters. The topological polar surface area (TPSA) is 56.3 Å². The number of methoxy groups -OCH3 is 2. The van der Waals surface area contributed by atoms with Gasteiger partial charge in [0.25, 0.3) is 0 Å². The summed E-state index contributed by atoms with van der Waals surface area (Å²) in [7, 11) is 3.31. The van der Waals surface area contributed by atoms with E-state index in [1.165, 1.54) is 0 Å². The highest BCUT2D eigenvalue weighted by Crippen LogP contribution is 2.36. The van der Waals surface area contributed by atoms with Gasteiger partial charge < -0.3 is 14.8 Å². The molecular formula is C18H19N3O2S. The third-order valence-corrected chi connectivity index (χ3v) is 4.59. The second-order valence-electron chi connectivity index (χ2n) is 5.15. The summed E-state index contributed by atoms with van der Waals surface area (Å²) in [6, 6.07) is 9.80. The average molecular weight is 341 g/mol. The Hall–Kier alpha value is -2.44. The van der Waals surface area contributed by atoms with E-state index in [0.717, 1.165) is 45.6 Å². The van der Waals surface area contributed by atoms with E-state index in [1.807, 2.05) is 36.7 Å². The van der Waals surface area contributed by atoms with Gasteiger partial charge in [-0.1, -0.05) is 6.07 Å². The minimum atomic E-state index is 0.720. The summed E-state index contributed by atoms with van der Waals surface area (Å²) in [5.74, 6) is 1.56. The van der Waals surface area contributed by atoms with E-state index >= 15 is 0 Å². The number of nitrogens with zero attached hydrogens (tertiary/aromatic N) is 2. The van der Waals surface area contributed by atoms with E-state index in [1.54, 1.807) is 31.8 Å². The lowest BCUT2D eigenvalue weighted by Gasteiger charge is -2.08. The Morgan fingerprint density at radius 3 is 2.75 bits per heavy atom. The molecule has 5 nitrogen and oxygen atoms in total. The maximum Gasteiger partial charge on any atom is 0.131 e. The van der Waals surface area contributed by atoms with Crippen LogP contribution in [0.3, 0.4) is 0 Å². The monoisotopic (exact) mass is 341 g/mol. The van der Waals surface area contributed by atoms with Crippen LogP contribution in [0.1, 0.15) is 10.6 Å². The van der Waals surface area contributed by atoms with Gasteiger partial charge in [-0.25, -0.2) is 4.98 Å². The highest BCUT2D eigenvalue weighted by atomic mass is 32.1. The first-order chi connectivity index (χ1) is 11.8. The van der Waals surface area contributed by atoms with Gasteiger partial charge in [0.1, 0.15) is 16.5 Å². The Morgan fingerprint density at radius 1 is 1.08 bits per heavy atom. The fourth-order valence-electron chi connectivity index (χ4n) is 2.34. The van der Waals surface area contributed by atoms with Crippen molar-refractivity contribution >= 4 is 11.3 Å². The second kappa shape index (κ2) is 7.90. The predicted molar refractivity (Wildman–Crippen MR) is 95.4 cm³/mol. The van der Waals surface area contributed by atoms with E-state index in [4.69, 9.17) is 9.47 Å². The Morgan fingerprint density at radius 2 is 2.00 bits per heavy atom. The van der Waals surface area contributed by atoms with Crippen LogP contribution in [0.15, 0.2) is 48.9 Å².